The minimum Gasteiger partial charge on any atom is -0.475 e. The summed E-state index contributed by atoms with van der Waals surface area (Å²) in [5.41, 5.74) is 5.60. The normalized spacial score (nSPS) is 14.4. The summed E-state index contributed by atoms with van der Waals surface area (Å²) in [6, 6.07) is 11.2. The zero-order valence-electron chi connectivity index (χ0n) is 14.1. The second-order valence-electron chi connectivity index (χ2n) is 5.99. The van der Waals surface area contributed by atoms with Crippen molar-refractivity contribution < 1.29 is 19.2 Å². The van der Waals surface area contributed by atoms with Gasteiger partial charge in [0, 0.05) is 29.1 Å². The number of benzene rings is 1. The van der Waals surface area contributed by atoms with E-state index in [0.717, 1.165) is 46.4 Å². The molecule has 0 unspecified atom stereocenters. The number of hydrogen-bond donors (Lipinski definition) is 1. The van der Waals surface area contributed by atoms with Crippen molar-refractivity contribution in [2.45, 2.75) is 12.8 Å². The summed E-state index contributed by atoms with van der Waals surface area (Å²) < 4.78 is 5.62. The van der Waals surface area contributed by atoms with Crippen LogP contribution in [0.5, 0.6) is 0 Å². The van der Waals surface area contributed by atoms with Gasteiger partial charge in [-0.15, -0.1) is 0 Å². The quantitative estimate of drug-likeness (QED) is 0.720. The van der Waals surface area contributed by atoms with E-state index >= 15 is 0 Å². The van der Waals surface area contributed by atoms with Crippen LogP contribution in [0.3, 0.4) is 0 Å². The molecule has 0 bridgehead atoms. The Morgan fingerprint density at radius 1 is 1.12 bits per heavy atom. The van der Waals surface area contributed by atoms with E-state index in [1.54, 1.807) is 37.7 Å². The number of carboxylic acid groups (broad SMARTS) is 1. The number of rotatable bonds is 4. The number of fused-ring (bicyclic) bond motifs is 1. The Balaban J connectivity index is 1.84. The Hall–Kier alpha value is -3.41. The molecule has 0 saturated heterocycles. The zero-order chi connectivity index (χ0) is 18.1. The van der Waals surface area contributed by atoms with Crippen LogP contribution in [0.1, 0.15) is 28.1 Å². The highest BCUT2D eigenvalue weighted by molar-refractivity contribution is 6.05. The van der Waals surface area contributed by atoms with Crippen molar-refractivity contribution in [3.8, 4) is 22.5 Å². The fourth-order valence-electron chi connectivity index (χ4n) is 3.27. The number of furan rings is 1. The summed E-state index contributed by atoms with van der Waals surface area (Å²) in [7, 11) is 1.54. The summed E-state index contributed by atoms with van der Waals surface area (Å²) >= 11 is 0. The molecular formula is C20H16N2O4. The molecular weight excluding hydrogens is 332 g/mol. The van der Waals surface area contributed by atoms with Crippen LogP contribution in [0.15, 0.2) is 58.4 Å². The molecule has 0 atom stereocenters. The average Bonchev–Trinajstić information content (AvgIpc) is 3.27. The first-order valence-corrected chi connectivity index (χ1v) is 8.18. The van der Waals surface area contributed by atoms with Crippen LogP contribution >= 0.6 is 0 Å². The molecule has 3 aromatic rings. The fraction of sp³-hybridized carbons (Fsp3) is 0.150. The molecule has 2 heterocycles. The fourth-order valence-corrected chi connectivity index (χ4v) is 3.27. The maximum atomic E-state index is 11.4. The van der Waals surface area contributed by atoms with Gasteiger partial charge in [-0.1, -0.05) is 23.4 Å². The molecule has 1 N–H and O–H groups in total. The van der Waals surface area contributed by atoms with E-state index in [9.17, 15) is 9.90 Å². The number of pyridine rings is 1. The van der Waals surface area contributed by atoms with Crippen LogP contribution in [0, 0.1) is 0 Å². The van der Waals surface area contributed by atoms with Gasteiger partial charge in [0.2, 0.25) is 5.76 Å². The van der Waals surface area contributed by atoms with E-state index in [1.807, 2.05) is 12.1 Å². The van der Waals surface area contributed by atoms with Crippen molar-refractivity contribution in [1.82, 2.24) is 4.98 Å². The largest absolute Gasteiger partial charge is 0.475 e. The summed E-state index contributed by atoms with van der Waals surface area (Å²) in [6.07, 6.45) is 5.01. The molecule has 1 aromatic carbocycles. The maximum absolute atomic E-state index is 11.4. The van der Waals surface area contributed by atoms with E-state index < -0.39 is 5.97 Å². The zero-order valence-corrected chi connectivity index (χ0v) is 14.1. The maximum Gasteiger partial charge on any atom is 0.371 e. The van der Waals surface area contributed by atoms with Gasteiger partial charge in [0.25, 0.3) is 0 Å². The van der Waals surface area contributed by atoms with Gasteiger partial charge >= 0.3 is 5.97 Å². The van der Waals surface area contributed by atoms with E-state index in [1.165, 1.54) is 0 Å². The molecule has 4 rings (SSSR count). The predicted molar refractivity (Wildman–Crippen MR) is 96.2 cm³/mol. The van der Waals surface area contributed by atoms with Crippen molar-refractivity contribution >= 4 is 11.7 Å². The van der Waals surface area contributed by atoms with Gasteiger partial charge < -0.3 is 14.4 Å². The molecule has 0 saturated carbocycles. The SMILES string of the molecule is CON=C1CCc2cc(-c3cc(C(=O)O)oc3-c3ccncc3)ccc21. The van der Waals surface area contributed by atoms with Crippen LogP contribution in [-0.4, -0.2) is 28.9 Å². The van der Waals surface area contributed by atoms with Gasteiger partial charge in [-0.3, -0.25) is 4.98 Å². The lowest BCUT2D eigenvalue weighted by Crippen LogP contribution is -1.95. The Morgan fingerprint density at radius 3 is 2.65 bits per heavy atom. The van der Waals surface area contributed by atoms with Gasteiger partial charge in [-0.25, -0.2) is 4.79 Å². The van der Waals surface area contributed by atoms with Crippen molar-refractivity contribution in [2.24, 2.45) is 5.16 Å². The third kappa shape index (κ3) is 2.75. The number of oxime groups is 1. The highest BCUT2D eigenvalue weighted by Gasteiger charge is 2.22. The first-order chi connectivity index (χ1) is 12.7. The second-order valence-corrected chi connectivity index (χ2v) is 5.99. The monoisotopic (exact) mass is 348 g/mol. The number of aryl methyl sites for hydroxylation is 1. The molecule has 26 heavy (non-hydrogen) atoms. The number of nitrogens with zero attached hydrogens (tertiary/aromatic N) is 2. The highest BCUT2D eigenvalue weighted by Crippen LogP contribution is 2.37. The lowest BCUT2D eigenvalue weighted by atomic mass is 9.98. The van der Waals surface area contributed by atoms with Crippen LogP contribution < -0.4 is 0 Å². The third-order valence-corrected chi connectivity index (χ3v) is 4.45. The lowest BCUT2D eigenvalue weighted by molar-refractivity contribution is 0.0663. The van der Waals surface area contributed by atoms with Gasteiger partial charge in [0.05, 0.1) is 5.71 Å². The van der Waals surface area contributed by atoms with Crippen molar-refractivity contribution in [1.29, 1.82) is 0 Å². The van der Waals surface area contributed by atoms with E-state index in [0.29, 0.717) is 5.76 Å². The Bertz CT molecular complexity index is 1010. The summed E-state index contributed by atoms with van der Waals surface area (Å²) in [5, 5.41) is 13.4. The van der Waals surface area contributed by atoms with Crippen molar-refractivity contribution in [2.75, 3.05) is 7.11 Å². The first kappa shape index (κ1) is 16.1. The predicted octanol–water partition coefficient (Wildman–Crippen LogP) is 4.00. The smallest absolute Gasteiger partial charge is 0.371 e. The molecule has 0 fully saturated rings. The Labute approximate surface area is 149 Å². The summed E-state index contributed by atoms with van der Waals surface area (Å²) in [4.78, 5) is 20.3. The number of hydrogen-bond acceptors (Lipinski definition) is 5. The molecule has 2 aromatic heterocycles. The average molecular weight is 348 g/mol. The Morgan fingerprint density at radius 2 is 1.92 bits per heavy atom. The van der Waals surface area contributed by atoms with Crippen molar-refractivity contribution in [3.63, 3.8) is 0 Å². The highest BCUT2D eigenvalue weighted by atomic mass is 16.6. The van der Waals surface area contributed by atoms with Gasteiger partial charge in [-0.2, -0.15) is 0 Å². The second kappa shape index (κ2) is 6.48. The lowest BCUT2D eigenvalue weighted by Gasteiger charge is -2.06. The number of aromatic carboxylic acids is 1. The van der Waals surface area contributed by atoms with Crippen LogP contribution in [0.4, 0.5) is 0 Å². The van der Waals surface area contributed by atoms with Crippen LogP contribution in [-0.2, 0) is 11.3 Å². The van der Waals surface area contributed by atoms with E-state index in [2.05, 4.69) is 16.2 Å². The number of aromatic nitrogens is 1. The number of carboxylic acids is 1. The summed E-state index contributed by atoms with van der Waals surface area (Å²) in [6.45, 7) is 0. The van der Waals surface area contributed by atoms with Crippen LogP contribution in [0.2, 0.25) is 0 Å². The molecule has 6 nitrogen and oxygen atoms in total. The number of carbonyl (C=O) groups is 1. The van der Waals surface area contributed by atoms with Gasteiger partial charge in [0.15, 0.2) is 0 Å². The van der Waals surface area contributed by atoms with E-state index in [4.69, 9.17) is 9.25 Å². The van der Waals surface area contributed by atoms with E-state index in [-0.39, 0.29) is 5.76 Å². The van der Waals surface area contributed by atoms with Gasteiger partial charge in [-0.05, 0) is 42.2 Å². The minimum absolute atomic E-state index is 0.0889. The molecule has 0 spiro atoms. The minimum atomic E-state index is -1.10. The first-order valence-electron chi connectivity index (χ1n) is 8.18. The topological polar surface area (TPSA) is 84.9 Å². The molecule has 0 aliphatic heterocycles. The Kier molecular flexibility index (Phi) is 4.01. The van der Waals surface area contributed by atoms with Crippen LogP contribution in [0.25, 0.3) is 22.5 Å². The standard InChI is InChI=1S/C20H16N2O4/c1-25-22-17-5-3-13-10-14(2-4-15(13)17)16-11-18(20(23)24)26-19(16)12-6-8-21-9-7-12/h2,4,6-11H,3,5H2,1H3,(H,23,24). The molecule has 0 radical (unpaired) electrons. The third-order valence-electron chi connectivity index (χ3n) is 4.45. The molecule has 6 heteroatoms. The molecule has 1 aliphatic rings. The molecule has 1 aliphatic carbocycles. The molecule has 130 valence electrons. The van der Waals surface area contributed by atoms with Crippen molar-refractivity contribution in [3.05, 3.63) is 65.7 Å². The van der Waals surface area contributed by atoms with Gasteiger partial charge in [0.1, 0.15) is 12.9 Å². The molecule has 0 amide bonds. The summed E-state index contributed by atoms with van der Waals surface area (Å²) in [5.74, 6) is -0.662.